The zero-order chi connectivity index (χ0) is 10.9. The number of hydrogen-bond acceptors (Lipinski definition) is 2. The van der Waals surface area contributed by atoms with Gasteiger partial charge in [-0.05, 0) is 36.0 Å². The number of ether oxygens (including phenoxy) is 1. The zero-order valence-corrected chi connectivity index (χ0v) is 10.5. The Balaban J connectivity index is 2.20. The van der Waals surface area contributed by atoms with E-state index in [1.54, 1.807) is 7.11 Å². The Morgan fingerprint density at radius 1 is 1.13 bits per heavy atom. The summed E-state index contributed by atoms with van der Waals surface area (Å²) in [5.74, 6) is 0.898. The maximum Gasteiger partial charge on any atom is 0.118 e. The average molecular weight is 226 g/mol. The highest BCUT2D eigenvalue weighted by atomic mass is 31.1. The second-order valence-corrected chi connectivity index (χ2v) is 4.46. The van der Waals surface area contributed by atoms with Crippen LogP contribution in [0.4, 0.5) is 0 Å². The monoisotopic (exact) mass is 226 g/mol. The van der Waals surface area contributed by atoms with E-state index in [1.165, 1.54) is 24.6 Å². The van der Waals surface area contributed by atoms with E-state index in [-0.39, 0.29) is 0 Å². The standard InChI is InChI=1S/C12H19O2P/c1-3-4-5-10-14-15-12-8-6-11(13-2)7-9-12/h6-9,15H,3-5,10H2,1-2H3. The number of methoxy groups -OCH3 is 1. The molecule has 1 aromatic rings. The quantitative estimate of drug-likeness (QED) is 0.525. The highest BCUT2D eigenvalue weighted by Crippen LogP contribution is 2.15. The molecule has 0 heterocycles. The third-order valence-electron chi connectivity index (χ3n) is 2.13. The minimum absolute atomic E-state index is 0.458. The van der Waals surface area contributed by atoms with Gasteiger partial charge < -0.3 is 9.26 Å². The van der Waals surface area contributed by atoms with E-state index >= 15 is 0 Å². The first kappa shape index (κ1) is 12.5. The van der Waals surface area contributed by atoms with Crippen LogP contribution in [0.1, 0.15) is 26.2 Å². The summed E-state index contributed by atoms with van der Waals surface area (Å²) in [5.41, 5.74) is 0. The first-order valence-corrected chi connectivity index (χ1v) is 6.29. The predicted octanol–water partition coefficient (Wildman–Crippen LogP) is 3.12. The molecule has 0 aliphatic rings. The summed E-state index contributed by atoms with van der Waals surface area (Å²) >= 11 is 0. The van der Waals surface area contributed by atoms with Crippen LogP contribution in [-0.2, 0) is 4.52 Å². The summed E-state index contributed by atoms with van der Waals surface area (Å²) in [4.78, 5) is 0. The first-order valence-electron chi connectivity index (χ1n) is 5.38. The van der Waals surface area contributed by atoms with Gasteiger partial charge in [-0.25, -0.2) is 0 Å². The maximum absolute atomic E-state index is 5.58. The molecule has 84 valence electrons. The van der Waals surface area contributed by atoms with Crippen molar-refractivity contribution in [2.24, 2.45) is 0 Å². The third-order valence-corrected chi connectivity index (χ3v) is 3.05. The van der Waals surface area contributed by atoms with Crippen molar-refractivity contribution in [2.45, 2.75) is 26.2 Å². The highest BCUT2D eigenvalue weighted by Gasteiger charge is 1.94. The van der Waals surface area contributed by atoms with E-state index in [0.717, 1.165) is 12.4 Å². The van der Waals surface area contributed by atoms with Gasteiger partial charge in [-0.1, -0.05) is 19.8 Å². The Kier molecular flexibility index (Phi) is 6.38. The predicted molar refractivity (Wildman–Crippen MR) is 66.4 cm³/mol. The Morgan fingerprint density at radius 3 is 2.47 bits per heavy atom. The van der Waals surface area contributed by atoms with Gasteiger partial charge in [0.25, 0.3) is 0 Å². The fourth-order valence-electron chi connectivity index (χ4n) is 1.22. The normalized spacial score (nSPS) is 11.1. The van der Waals surface area contributed by atoms with Crippen molar-refractivity contribution in [3.05, 3.63) is 24.3 Å². The lowest BCUT2D eigenvalue weighted by molar-refractivity contribution is 0.351. The summed E-state index contributed by atoms with van der Waals surface area (Å²) in [5, 5.41) is 1.23. The summed E-state index contributed by atoms with van der Waals surface area (Å²) in [6, 6.07) is 8.05. The molecular weight excluding hydrogens is 207 g/mol. The van der Waals surface area contributed by atoms with Gasteiger partial charge in [0.15, 0.2) is 0 Å². The molecule has 0 amide bonds. The summed E-state index contributed by atoms with van der Waals surface area (Å²) in [7, 11) is 2.14. The first-order chi connectivity index (χ1) is 7.36. The minimum atomic E-state index is 0.458. The SMILES string of the molecule is CCCCCOPc1ccc(OC)cc1. The third kappa shape index (κ3) is 5.15. The van der Waals surface area contributed by atoms with Crippen molar-refractivity contribution in [1.29, 1.82) is 0 Å². The van der Waals surface area contributed by atoms with Crippen LogP contribution in [-0.4, -0.2) is 13.7 Å². The van der Waals surface area contributed by atoms with Crippen molar-refractivity contribution >= 4 is 14.1 Å². The molecule has 3 heteroatoms. The lowest BCUT2D eigenvalue weighted by Crippen LogP contribution is -1.96. The smallest absolute Gasteiger partial charge is 0.118 e. The van der Waals surface area contributed by atoms with Crippen molar-refractivity contribution in [2.75, 3.05) is 13.7 Å². The fourth-order valence-corrected chi connectivity index (χ4v) is 1.93. The molecule has 0 fully saturated rings. The zero-order valence-electron chi connectivity index (χ0n) is 9.45. The van der Waals surface area contributed by atoms with E-state index < -0.39 is 0 Å². The van der Waals surface area contributed by atoms with Crippen LogP contribution in [0, 0.1) is 0 Å². The minimum Gasteiger partial charge on any atom is -0.497 e. The van der Waals surface area contributed by atoms with Crippen LogP contribution in [0.25, 0.3) is 0 Å². The second-order valence-electron chi connectivity index (χ2n) is 3.39. The second kappa shape index (κ2) is 7.67. The van der Waals surface area contributed by atoms with E-state index in [2.05, 4.69) is 19.1 Å². The molecule has 1 rings (SSSR count). The van der Waals surface area contributed by atoms with Crippen LogP contribution in [0.2, 0.25) is 0 Å². The number of benzene rings is 1. The molecule has 2 nitrogen and oxygen atoms in total. The van der Waals surface area contributed by atoms with Gasteiger partial charge in [0.1, 0.15) is 5.75 Å². The van der Waals surface area contributed by atoms with Gasteiger partial charge in [0.2, 0.25) is 0 Å². The largest absolute Gasteiger partial charge is 0.497 e. The summed E-state index contributed by atoms with van der Waals surface area (Å²) in [6.07, 6.45) is 3.67. The molecule has 0 N–H and O–H groups in total. The van der Waals surface area contributed by atoms with Gasteiger partial charge in [0.05, 0.1) is 13.7 Å². The molecule has 0 saturated heterocycles. The van der Waals surface area contributed by atoms with Crippen molar-refractivity contribution in [3.63, 3.8) is 0 Å². The molecule has 0 aliphatic heterocycles. The molecule has 0 spiro atoms. The van der Waals surface area contributed by atoms with Gasteiger partial charge in [-0.2, -0.15) is 0 Å². The average Bonchev–Trinajstić information content (AvgIpc) is 2.30. The number of rotatable bonds is 7. The number of unbranched alkanes of at least 4 members (excludes halogenated alkanes) is 2. The van der Waals surface area contributed by atoms with Crippen molar-refractivity contribution in [1.82, 2.24) is 0 Å². The maximum atomic E-state index is 5.58. The van der Waals surface area contributed by atoms with Crippen molar-refractivity contribution < 1.29 is 9.26 Å². The van der Waals surface area contributed by atoms with Crippen molar-refractivity contribution in [3.8, 4) is 5.75 Å². The van der Waals surface area contributed by atoms with Crippen LogP contribution in [0.3, 0.4) is 0 Å². The Morgan fingerprint density at radius 2 is 1.87 bits per heavy atom. The molecule has 15 heavy (non-hydrogen) atoms. The van der Waals surface area contributed by atoms with Gasteiger partial charge in [-0.15, -0.1) is 0 Å². The highest BCUT2D eigenvalue weighted by molar-refractivity contribution is 7.41. The molecule has 0 aromatic heterocycles. The van der Waals surface area contributed by atoms with E-state index in [9.17, 15) is 0 Å². The topological polar surface area (TPSA) is 18.5 Å². The molecule has 1 aromatic carbocycles. The molecule has 0 aliphatic carbocycles. The molecule has 0 saturated carbocycles. The van der Waals surface area contributed by atoms with Crippen LogP contribution in [0.5, 0.6) is 5.75 Å². The van der Waals surface area contributed by atoms with Crippen LogP contribution < -0.4 is 10.0 Å². The van der Waals surface area contributed by atoms with Crippen LogP contribution >= 0.6 is 8.81 Å². The molecular formula is C12H19O2P. The number of hydrogen-bond donors (Lipinski definition) is 0. The summed E-state index contributed by atoms with van der Waals surface area (Å²) in [6.45, 7) is 3.07. The van der Waals surface area contributed by atoms with E-state index in [4.69, 9.17) is 9.26 Å². The van der Waals surface area contributed by atoms with Gasteiger partial charge >= 0.3 is 0 Å². The Bertz CT molecular complexity index is 259. The van der Waals surface area contributed by atoms with E-state index in [0.29, 0.717) is 8.81 Å². The van der Waals surface area contributed by atoms with E-state index in [1.807, 2.05) is 12.1 Å². The lowest BCUT2D eigenvalue weighted by atomic mass is 10.3. The fraction of sp³-hybridized carbons (Fsp3) is 0.500. The Labute approximate surface area is 93.8 Å². The molecule has 0 bridgehead atoms. The molecule has 0 radical (unpaired) electrons. The van der Waals surface area contributed by atoms with Gasteiger partial charge in [0, 0.05) is 8.81 Å². The van der Waals surface area contributed by atoms with Crippen LogP contribution in [0.15, 0.2) is 24.3 Å². The Hall–Kier alpha value is -0.590. The molecule has 1 unspecified atom stereocenters. The van der Waals surface area contributed by atoms with Gasteiger partial charge in [-0.3, -0.25) is 0 Å². The lowest BCUT2D eigenvalue weighted by Gasteiger charge is -2.04. The molecule has 1 atom stereocenters. The summed E-state index contributed by atoms with van der Waals surface area (Å²) < 4.78 is 10.7.